The van der Waals surface area contributed by atoms with Gasteiger partial charge in [-0.3, -0.25) is 4.79 Å². The predicted octanol–water partition coefficient (Wildman–Crippen LogP) is 1.78. The topological polar surface area (TPSA) is 58.6 Å². The number of aliphatic hydroxyl groups excluding tert-OH is 1. The van der Waals surface area contributed by atoms with Crippen LogP contribution in [0.4, 0.5) is 4.39 Å². The molecule has 0 aliphatic heterocycles. The molecule has 1 rings (SSSR count). The first-order valence-corrected chi connectivity index (χ1v) is 5.80. The minimum atomic E-state index is -0.768. The van der Waals surface area contributed by atoms with Crippen molar-refractivity contribution in [1.82, 2.24) is 5.32 Å². The van der Waals surface area contributed by atoms with Crippen LogP contribution < -0.4 is 10.1 Å². The zero-order valence-electron chi connectivity index (χ0n) is 10.6. The van der Waals surface area contributed by atoms with Crippen LogP contribution in [0.25, 0.3) is 0 Å². The molecule has 0 aliphatic rings. The minimum absolute atomic E-state index is 0.0666. The van der Waals surface area contributed by atoms with E-state index in [1.54, 1.807) is 13.1 Å². The summed E-state index contributed by atoms with van der Waals surface area (Å²) in [5, 5.41) is 12.4. The highest BCUT2D eigenvalue weighted by molar-refractivity contribution is 5.75. The summed E-state index contributed by atoms with van der Waals surface area (Å²) in [6.07, 6.45) is 0.551. The van der Waals surface area contributed by atoms with Crippen LogP contribution in [0.1, 0.15) is 30.9 Å². The summed E-state index contributed by atoms with van der Waals surface area (Å²) in [6, 6.07) is 4.35. The number of carbonyl (C=O) groups is 1. The molecule has 1 atom stereocenters. The van der Waals surface area contributed by atoms with Gasteiger partial charge in [0.1, 0.15) is 0 Å². The molecule has 18 heavy (non-hydrogen) atoms. The van der Waals surface area contributed by atoms with Crippen LogP contribution in [0.2, 0.25) is 0 Å². The van der Waals surface area contributed by atoms with Gasteiger partial charge in [0.15, 0.2) is 11.6 Å². The monoisotopic (exact) mass is 255 g/mol. The van der Waals surface area contributed by atoms with E-state index in [2.05, 4.69) is 5.32 Å². The van der Waals surface area contributed by atoms with Crippen molar-refractivity contribution in [2.45, 2.75) is 25.4 Å². The average molecular weight is 255 g/mol. The van der Waals surface area contributed by atoms with Crippen LogP contribution in [-0.4, -0.2) is 25.2 Å². The number of methoxy groups -OCH3 is 1. The lowest BCUT2D eigenvalue weighted by molar-refractivity contribution is -0.120. The molecule has 1 aromatic rings. The summed E-state index contributed by atoms with van der Waals surface area (Å²) in [5.41, 5.74) is 0.491. The van der Waals surface area contributed by atoms with Crippen molar-refractivity contribution in [2.24, 2.45) is 0 Å². The SMILES string of the molecule is CNC(=O)CCCC(O)c1ccc(OC)c(F)c1. The highest BCUT2D eigenvalue weighted by atomic mass is 19.1. The molecule has 2 N–H and O–H groups in total. The Morgan fingerprint density at radius 3 is 2.83 bits per heavy atom. The molecular weight excluding hydrogens is 237 g/mol. The first-order valence-electron chi connectivity index (χ1n) is 5.80. The highest BCUT2D eigenvalue weighted by Crippen LogP contribution is 2.24. The van der Waals surface area contributed by atoms with E-state index in [1.165, 1.54) is 19.2 Å². The molecule has 0 spiro atoms. The van der Waals surface area contributed by atoms with Crippen molar-refractivity contribution in [1.29, 1.82) is 0 Å². The van der Waals surface area contributed by atoms with Crippen molar-refractivity contribution < 1.29 is 19.0 Å². The molecule has 0 fully saturated rings. The second kappa shape index (κ2) is 6.96. The Kier molecular flexibility index (Phi) is 5.58. The Morgan fingerprint density at radius 1 is 1.56 bits per heavy atom. The number of halogens is 1. The third kappa shape index (κ3) is 4.00. The van der Waals surface area contributed by atoms with E-state index < -0.39 is 11.9 Å². The van der Waals surface area contributed by atoms with Crippen LogP contribution in [0.15, 0.2) is 18.2 Å². The molecule has 0 saturated heterocycles. The van der Waals surface area contributed by atoms with Gasteiger partial charge < -0.3 is 15.2 Å². The van der Waals surface area contributed by atoms with Gasteiger partial charge in [-0.05, 0) is 30.5 Å². The number of hydrogen-bond acceptors (Lipinski definition) is 3. The minimum Gasteiger partial charge on any atom is -0.494 e. The molecule has 0 heterocycles. The lowest BCUT2D eigenvalue weighted by Crippen LogP contribution is -2.17. The Labute approximate surface area is 106 Å². The standard InChI is InChI=1S/C13H18FNO3/c1-15-13(17)5-3-4-11(16)9-6-7-12(18-2)10(14)8-9/h6-8,11,16H,3-5H2,1-2H3,(H,15,17). The summed E-state index contributed by atoms with van der Waals surface area (Å²) in [5.74, 6) is -0.417. The van der Waals surface area contributed by atoms with Crippen LogP contribution in [-0.2, 0) is 4.79 Å². The molecular formula is C13H18FNO3. The fourth-order valence-electron chi connectivity index (χ4n) is 1.64. The summed E-state index contributed by atoms with van der Waals surface area (Å²) in [6.45, 7) is 0. The van der Waals surface area contributed by atoms with Gasteiger partial charge in [0.05, 0.1) is 13.2 Å². The molecule has 0 bridgehead atoms. The number of aliphatic hydroxyl groups is 1. The molecule has 1 unspecified atom stereocenters. The molecule has 0 aromatic heterocycles. The lowest BCUT2D eigenvalue weighted by Gasteiger charge is -2.11. The first-order chi connectivity index (χ1) is 8.58. The van der Waals surface area contributed by atoms with Gasteiger partial charge in [-0.15, -0.1) is 0 Å². The Hall–Kier alpha value is -1.62. The number of amides is 1. The average Bonchev–Trinajstić information content (AvgIpc) is 2.38. The number of carbonyl (C=O) groups excluding carboxylic acids is 1. The lowest BCUT2D eigenvalue weighted by atomic mass is 10.0. The van der Waals surface area contributed by atoms with E-state index in [9.17, 15) is 14.3 Å². The Balaban J connectivity index is 2.53. The highest BCUT2D eigenvalue weighted by Gasteiger charge is 2.11. The second-order valence-electron chi connectivity index (χ2n) is 3.98. The van der Waals surface area contributed by atoms with Gasteiger partial charge in [0, 0.05) is 13.5 Å². The number of nitrogens with one attached hydrogen (secondary N) is 1. The van der Waals surface area contributed by atoms with E-state index in [0.29, 0.717) is 24.8 Å². The van der Waals surface area contributed by atoms with E-state index in [4.69, 9.17) is 4.74 Å². The predicted molar refractivity (Wildman–Crippen MR) is 65.8 cm³/mol. The molecule has 0 radical (unpaired) electrons. The maximum atomic E-state index is 13.4. The van der Waals surface area contributed by atoms with Crippen molar-refractivity contribution >= 4 is 5.91 Å². The van der Waals surface area contributed by atoms with E-state index >= 15 is 0 Å². The number of rotatable bonds is 6. The molecule has 1 amide bonds. The summed E-state index contributed by atoms with van der Waals surface area (Å²) >= 11 is 0. The molecule has 100 valence electrons. The number of hydrogen-bond donors (Lipinski definition) is 2. The first kappa shape index (κ1) is 14.4. The van der Waals surface area contributed by atoms with Crippen molar-refractivity contribution in [3.05, 3.63) is 29.6 Å². The molecule has 0 aliphatic carbocycles. The van der Waals surface area contributed by atoms with Crippen LogP contribution in [0, 0.1) is 5.82 Å². The summed E-state index contributed by atoms with van der Waals surface area (Å²) in [4.78, 5) is 11.0. The van der Waals surface area contributed by atoms with Gasteiger partial charge in [0.2, 0.25) is 5.91 Å². The van der Waals surface area contributed by atoms with Gasteiger partial charge in [-0.1, -0.05) is 6.07 Å². The van der Waals surface area contributed by atoms with Gasteiger partial charge in [-0.2, -0.15) is 0 Å². The van der Waals surface area contributed by atoms with Crippen molar-refractivity contribution in [2.75, 3.05) is 14.2 Å². The number of ether oxygens (including phenoxy) is 1. The maximum Gasteiger partial charge on any atom is 0.219 e. The van der Waals surface area contributed by atoms with Crippen molar-refractivity contribution in [3.8, 4) is 5.75 Å². The Bertz CT molecular complexity index is 409. The largest absolute Gasteiger partial charge is 0.494 e. The van der Waals surface area contributed by atoms with Gasteiger partial charge >= 0.3 is 0 Å². The second-order valence-corrected chi connectivity index (χ2v) is 3.98. The smallest absolute Gasteiger partial charge is 0.219 e. The third-order valence-electron chi connectivity index (χ3n) is 2.72. The van der Waals surface area contributed by atoms with Crippen molar-refractivity contribution in [3.63, 3.8) is 0 Å². The van der Waals surface area contributed by atoms with Gasteiger partial charge in [0.25, 0.3) is 0 Å². The fraction of sp³-hybridized carbons (Fsp3) is 0.462. The normalized spacial score (nSPS) is 12.0. The van der Waals surface area contributed by atoms with Gasteiger partial charge in [-0.25, -0.2) is 4.39 Å². The van der Waals surface area contributed by atoms with E-state index in [-0.39, 0.29) is 11.7 Å². The third-order valence-corrected chi connectivity index (χ3v) is 2.72. The van der Waals surface area contributed by atoms with Crippen LogP contribution in [0.5, 0.6) is 5.75 Å². The molecule has 1 aromatic carbocycles. The van der Waals surface area contributed by atoms with Crippen LogP contribution >= 0.6 is 0 Å². The van der Waals surface area contributed by atoms with E-state index in [1.807, 2.05) is 0 Å². The summed E-state index contributed by atoms with van der Waals surface area (Å²) < 4.78 is 18.2. The molecule has 5 heteroatoms. The quantitative estimate of drug-likeness (QED) is 0.814. The zero-order chi connectivity index (χ0) is 13.5. The molecule has 4 nitrogen and oxygen atoms in total. The van der Waals surface area contributed by atoms with Crippen LogP contribution in [0.3, 0.4) is 0 Å². The molecule has 0 saturated carbocycles. The summed E-state index contributed by atoms with van der Waals surface area (Å²) in [7, 11) is 2.95. The fourth-order valence-corrected chi connectivity index (χ4v) is 1.64. The Morgan fingerprint density at radius 2 is 2.28 bits per heavy atom. The number of benzene rings is 1. The maximum absolute atomic E-state index is 13.4. The van der Waals surface area contributed by atoms with E-state index in [0.717, 1.165) is 0 Å². The zero-order valence-corrected chi connectivity index (χ0v) is 10.6.